The molecule has 0 aromatic heterocycles. The van der Waals surface area contributed by atoms with Crippen LogP contribution in [-0.2, 0) is 6.61 Å². The molecular formula is C17H17BrO3. The normalized spacial score (nSPS) is 10.2. The van der Waals surface area contributed by atoms with E-state index in [2.05, 4.69) is 15.9 Å². The van der Waals surface area contributed by atoms with Gasteiger partial charge in [-0.05, 0) is 42.5 Å². The Morgan fingerprint density at radius 1 is 1.14 bits per heavy atom. The summed E-state index contributed by atoms with van der Waals surface area (Å²) in [7, 11) is 1.64. The highest BCUT2D eigenvalue weighted by Gasteiger charge is 2.06. The summed E-state index contributed by atoms with van der Waals surface area (Å²) < 4.78 is 12.0. The maximum Gasteiger partial charge on any atom is 0.162 e. The lowest BCUT2D eigenvalue weighted by atomic mass is 10.1. The van der Waals surface area contributed by atoms with E-state index in [1.54, 1.807) is 19.2 Å². The Hall–Kier alpha value is -1.81. The van der Waals surface area contributed by atoms with Gasteiger partial charge in [0.15, 0.2) is 5.78 Å². The Bertz CT molecular complexity index is 620. The van der Waals surface area contributed by atoms with Gasteiger partial charge in [-0.15, -0.1) is 0 Å². The second-order valence-electron chi connectivity index (χ2n) is 4.55. The third kappa shape index (κ3) is 4.08. The summed E-state index contributed by atoms with van der Waals surface area (Å²) in [5.41, 5.74) is 1.67. The molecule has 0 saturated heterocycles. The van der Waals surface area contributed by atoms with Crippen molar-refractivity contribution in [2.75, 3.05) is 7.11 Å². The molecule has 0 radical (unpaired) electrons. The molecule has 0 aliphatic carbocycles. The van der Waals surface area contributed by atoms with Crippen LogP contribution in [0.5, 0.6) is 11.5 Å². The van der Waals surface area contributed by atoms with Gasteiger partial charge in [0.1, 0.15) is 18.1 Å². The number of carbonyl (C=O) groups excluding carboxylic acids is 1. The second-order valence-corrected chi connectivity index (χ2v) is 5.46. The number of benzene rings is 2. The van der Waals surface area contributed by atoms with E-state index in [0.717, 1.165) is 21.5 Å². The molecule has 3 nitrogen and oxygen atoms in total. The van der Waals surface area contributed by atoms with Crippen LogP contribution < -0.4 is 9.47 Å². The van der Waals surface area contributed by atoms with Gasteiger partial charge in [-0.3, -0.25) is 4.79 Å². The average Bonchev–Trinajstić information content (AvgIpc) is 2.52. The largest absolute Gasteiger partial charge is 0.496 e. The van der Waals surface area contributed by atoms with E-state index in [4.69, 9.17) is 9.47 Å². The van der Waals surface area contributed by atoms with E-state index in [1.165, 1.54) is 0 Å². The first-order valence-corrected chi connectivity index (χ1v) is 7.51. The van der Waals surface area contributed by atoms with Gasteiger partial charge in [0.2, 0.25) is 0 Å². The number of ketones is 1. The van der Waals surface area contributed by atoms with Crippen LogP contribution in [0.1, 0.15) is 29.3 Å². The van der Waals surface area contributed by atoms with E-state index in [0.29, 0.717) is 18.6 Å². The first-order chi connectivity index (χ1) is 10.1. The van der Waals surface area contributed by atoms with Crippen molar-refractivity contribution in [1.82, 2.24) is 0 Å². The molecule has 0 aliphatic rings. The van der Waals surface area contributed by atoms with Crippen LogP contribution in [0.15, 0.2) is 46.9 Å². The average molecular weight is 349 g/mol. The Labute approximate surface area is 133 Å². The van der Waals surface area contributed by atoms with Gasteiger partial charge in [0.05, 0.1) is 7.11 Å². The van der Waals surface area contributed by atoms with Crippen molar-refractivity contribution in [2.45, 2.75) is 20.0 Å². The molecule has 0 unspecified atom stereocenters. The smallest absolute Gasteiger partial charge is 0.162 e. The van der Waals surface area contributed by atoms with E-state index < -0.39 is 0 Å². The minimum Gasteiger partial charge on any atom is -0.496 e. The van der Waals surface area contributed by atoms with Gasteiger partial charge in [0.25, 0.3) is 0 Å². The zero-order valence-electron chi connectivity index (χ0n) is 12.1. The third-order valence-corrected chi connectivity index (χ3v) is 3.63. The lowest BCUT2D eigenvalue weighted by Crippen LogP contribution is -2.00. The summed E-state index contributed by atoms with van der Waals surface area (Å²) >= 11 is 3.44. The molecule has 0 atom stereocenters. The summed E-state index contributed by atoms with van der Waals surface area (Å²) in [5, 5.41) is 0. The molecule has 110 valence electrons. The number of Topliss-reactive ketones (excluding diaryl/α,β-unsaturated/α-hetero) is 1. The zero-order valence-corrected chi connectivity index (χ0v) is 13.6. The maximum absolute atomic E-state index is 11.6. The fraction of sp³-hybridized carbons (Fsp3) is 0.235. The highest BCUT2D eigenvalue weighted by Crippen LogP contribution is 2.24. The second kappa shape index (κ2) is 7.27. The molecule has 0 heterocycles. The van der Waals surface area contributed by atoms with Crippen molar-refractivity contribution in [1.29, 1.82) is 0 Å². The zero-order chi connectivity index (χ0) is 15.2. The monoisotopic (exact) mass is 348 g/mol. The van der Waals surface area contributed by atoms with Crippen LogP contribution >= 0.6 is 15.9 Å². The van der Waals surface area contributed by atoms with Crippen LogP contribution in [-0.4, -0.2) is 12.9 Å². The minimum absolute atomic E-state index is 0.134. The number of hydrogen-bond acceptors (Lipinski definition) is 3. The fourth-order valence-electron chi connectivity index (χ4n) is 1.96. The van der Waals surface area contributed by atoms with Gasteiger partial charge in [-0.1, -0.05) is 22.9 Å². The molecule has 0 aliphatic heterocycles. The lowest BCUT2D eigenvalue weighted by molar-refractivity contribution is 0.0988. The number of carbonyl (C=O) groups is 1. The first kappa shape index (κ1) is 15.6. The molecule has 0 spiro atoms. The number of hydrogen-bond donors (Lipinski definition) is 0. The molecule has 0 N–H and O–H groups in total. The summed E-state index contributed by atoms with van der Waals surface area (Å²) in [5.74, 6) is 1.65. The number of ether oxygens (including phenoxy) is 2. The molecule has 21 heavy (non-hydrogen) atoms. The van der Waals surface area contributed by atoms with Crippen molar-refractivity contribution >= 4 is 21.7 Å². The van der Waals surface area contributed by atoms with Gasteiger partial charge in [-0.25, -0.2) is 0 Å². The maximum atomic E-state index is 11.6. The SMILES string of the molecule is CCC(=O)c1ccc(OCc2cc(Br)ccc2OC)cc1. The minimum atomic E-state index is 0.134. The molecule has 4 heteroatoms. The standard InChI is InChI=1S/C17H17BrO3/c1-3-16(19)12-4-7-15(8-5-12)21-11-13-10-14(18)6-9-17(13)20-2/h4-10H,3,11H2,1-2H3. The van der Waals surface area contributed by atoms with E-state index >= 15 is 0 Å². The summed E-state index contributed by atoms with van der Waals surface area (Å²) in [6.07, 6.45) is 0.509. The van der Waals surface area contributed by atoms with Crippen LogP contribution in [0, 0.1) is 0 Å². The van der Waals surface area contributed by atoms with Crippen LogP contribution in [0.4, 0.5) is 0 Å². The van der Waals surface area contributed by atoms with Crippen molar-refractivity contribution in [3.8, 4) is 11.5 Å². The highest BCUT2D eigenvalue weighted by atomic mass is 79.9. The predicted molar refractivity (Wildman–Crippen MR) is 86.1 cm³/mol. The lowest BCUT2D eigenvalue weighted by Gasteiger charge is -2.11. The van der Waals surface area contributed by atoms with Crippen molar-refractivity contribution < 1.29 is 14.3 Å². The van der Waals surface area contributed by atoms with Gasteiger partial charge in [-0.2, -0.15) is 0 Å². The van der Waals surface area contributed by atoms with Crippen molar-refractivity contribution in [3.05, 3.63) is 58.1 Å². The Morgan fingerprint density at radius 2 is 1.86 bits per heavy atom. The first-order valence-electron chi connectivity index (χ1n) is 6.72. The molecule has 0 bridgehead atoms. The van der Waals surface area contributed by atoms with Gasteiger partial charge >= 0.3 is 0 Å². The molecule has 2 rings (SSSR count). The molecule has 0 saturated carbocycles. The van der Waals surface area contributed by atoms with Crippen molar-refractivity contribution in [3.63, 3.8) is 0 Å². The molecular weight excluding hydrogens is 332 g/mol. The van der Waals surface area contributed by atoms with E-state index in [9.17, 15) is 4.79 Å². The molecule has 0 fully saturated rings. The summed E-state index contributed by atoms with van der Waals surface area (Å²) in [4.78, 5) is 11.6. The molecule has 0 amide bonds. The molecule has 2 aromatic carbocycles. The van der Waals surface area contributed by atoms with Crippen molar-refractivity contribution in [2.24, 2.45) is 0 Å². The van der Waals surface area contributed by atoms with Crippen LogP contribution in [0.3, 0.4) is 0 Å². The quantitative estimate of drug-likeness (QED) is 0.714. The molecule has 2 aromatic rings. The Balaban J connectivity index is 2.06. The highest BCUT2D eigenvalue weighted by molar-refractivity contribution is 9.10. The Kier molecular flexibility index (Phi) is 5.39. The number of rotatable bonds is 6. The Morgan fingerprint density at radius 3 is 2.48 bits per heavy atom. The van der Waals surface area contributed by atoms with Gasteiger partial charge < -0.3 is 9.47 Å². The predicted octanol–water partition coefficient (Wildman–Crippen LogP) is 4.63. The van der Waals surface area contributed by atoms with Crippen LogP contribution in [0.25, 0.3) is 0 Å². The number of halogens is 1. The summed E-state index contributed by atoms with van der Waals surface area (Å²) in [6.45, 7) is 2.26. The fourth-order valence-corrected chi connectivity index (χ4v) is 2.37. The van der Waals surface area contributed by atoms with Crippen LogP contribution in [0.2, 0.25) is 0 Å². The van der Waals surface area contributed by atoms with Gasteiger partial charge in [0, 0.05) is 22.0 Å². The number of methoxy groups -OCH3 is 1. The topological polar surface area (TPSA) is 35.5 Å². The van der Waals surface area contributed by atoms with E-state index in [1.807, 2.05) is 37.3 Å². The summed E-state index contributed by atoms with van der Waals surface area (Å²) in [6, 6.07) is 13.0. The van der Waals surface area contributed by atoms with E-state index in [-0.39, 0.29) is 5.78 Å². The third-order valence-electron chi connectivity index (χ3n) is 3.13.